The van der Waals surface area contributed by atoms with Gasteiger partial charge in [0.05, 0.1) is 31.0 Å². The number of carbonyl (C=O) groups is 1. The number of nitrogens with zero attached hydrogens (tertiary/aromatic N) is 2. The molecule has 0 bridgehead atoms. The molecule has 172 valence electrons. The summed E-state index contributed by atoms with van der Waals surface area (Å²) in [6, 6.07) is 19.8. The molecule has 0 heterocycles. The predicted octanol–water partition coefficient (Wildman–Crippen LogP) is 3.81. The molecule has 0 aliphatic carbocycles. The average Bonchev–Trinajstić information content (AvgIpc) is 2.82. The number of para-hydroxylation sites is 1. The Hall–Kier alpha value is -3.37. The molecule has 0 saturated heterocycles. The number of sulfonamides is 1. The summed E-state index contributed by atoms with van der Waals surface area (Å²) < 4.78 is 38.9. The van der Waals surface area contributed by atoms with Crippen molar-refractivity contribution in [3.63, 3.8) is 0 Å². The lowest BCUT2D eigenvalue weighted by Crippen LogP contribution is -2.39. The van der Waals surface area contributed by atoms with Gasteiger partial charge in [0.1, 0.15) is 6.54 Å². The standard InChI is InChI=1S/C23H22BrN3O5S/c1-31-21-13-6-8-17(23(21)32-2)15-25-26-22(28)16-27(19-10-7-9-18(24)14-19)33(29,30)20-11-4-3-5-12-20/h3-15H,16H2,1-2H3,(H,26,28)/b25-15+. The summed E-state index contributed by atoms with van der Waals surface area (Å²) in [5, 5.41) is 3.95. The van der Waals surface area contributed by atoms with E-state index in [1.165, 1.54) is 32.6 Å². The highest BCUT2D eigenvalue weighted by Gasteiger charge is 2.27. The van der Waals surface area contributed by atoms with Gasteiger partial charge in [-0.2, -0.15) is 5.10 Å². The lowest BCUT2D eigenvalue weighted by Gasteiger charge is -2.23. The van der Waals surface area contributed by atoms with Crippen molar-refractivity contribution in [3.8, 4) is 11.5 Å². The second-order valence-electron chi connectivity index (χ2n) is 6.68. The minimum Gasteiger partial charge on any atom is -0.493 e. The number of ether oxygens (including phenoxy) is 2. The molecule has 0 atom stereocenters. The highest BCUT2D eigenvalue weighted by molar-refractivity contribution is 9.10. The zero-order chi connectivity index (χ0) is 23.8. The maximum atomic E-state index is 13.3. The number of methoxy groups -OCH3 is 2. The van der Waals surface area contributed by atoms with Gasteiger partial charge in [-0.1, -0.05) is 46.3 Å². The summed E-state index contributed by atoms with van der Waals surface area (Å²) in [5.41, 5.74) is 3.29. The average molecular weight is 532 g/mol. The summed E-state index contributed by atoms with van der Waals surface area (Å²) in [5.74, 6) is 0.357. The molecule has 0 spiro atoms. The van der Waals surface area contributed by atoms with E-state index < -0.39 is 22.5 Å². The molecule has 0 unspecified atom stereocenters. The highest BCUT2D eigenvalue weighted by Crippen LogP contribution is 2.29. The van der Waals surface area contributed by atoms with Crippen molar-refractivity contribution < 1.29 is 22.7 Å². The molecule has 1 amide bonds. The van der Waals surface area contributed by atoms with E-state index >= 15 is 0 Å². The first-order valence-corrected chi connectivity index (χ1v) is 12.0. The van der Waals surface area contributed by atoms with Gasteiger partial charge in [0.25, 0.3) is 15.9 Å². The molecular formula is C23H22BrN3O5S. The van der Waals surface area contributed by atoms with Gasteiger partial charge in [-0.05, 0) is 42.5 Å². The Labute approximate surface area is 201 Å². The van der Waals surface area contributed by atoms with Crippen LogP contribution in [-0.4, -0.2) is 41.3 Å². The molecule has 0 aliphatic rings. The largest absolute Gasteiger partial charge is 0.493 e. The molecule has 0 radical (unpaired) electrons. The topological polar surface area (TPSA) is 97.3 Å². The van der Waals surface area contributed by atoms with Crippen LogP contribution < -0.4 is 19.2 Å². The van der Waals surface area contributed by atoms with Gasteiger partial charge in [0.2, 0.25) is 0 Å². The monoisotopic (exact) mass is 531 g/mol. The first kappa shape index (κ1) is 24.3. The lowest BCUT2D eigenvalue weighted by molar-refractivity contribution is -0.119. The van der Waals surface area contributed by atoms with Gasteiger partial charge in [0, 0.05) is 10.0 Å². The van der Waals surface area contributed by atoms with Crippen LogP contribution in [0.3, 0.4) is 0 Å². The zero-order valence-electron chi connectivity index (χ0n) is 17.9. The molecule has 3 rings (SSSR count). The van der Waals surface area contributed by atoms with Crippen molar-refractivity contribution in [2.75, 3.05) is 25.1 Å². The van der Waals surface area contributed by atoms with Crippen LogP contribution >= 0.6 is 15.9 Å². The predicted molar refractivity (Wildman–Crippen MR) is 130 cm³/mol. The van der Waals surface area contributed by atoms with Crippen LogP contribution in [0.25, 0.3) is 0 Å². The van der Waals surface area contributed by atoms with Crippen LogP contribution in [0.1, 0.15) is 5.56 Å². The van der Waals surface area contributed by atoms with Gasteiger partial charge in [-0.25, -0.2) is 13.8 Å². The number of hydrazone groups is 1. The third-order valence-electron chi connectivity index (χ3n) is 4.54. The molecule has 33 heavy (non-hydrogen) atoms. The molecule has 1 N–H and O–H groups in total. The Balaban J connectivity index is 1.84. The first-order valence-electron chi connectivity index (χ1n) is 9.73. The maximum Gasteiger partial charge on any atom is 0.264 e. The van der Waals surface area contributed by atoms with E-state index in [1.807, 2.05) is 0 Å². The summed E-state index contributed by atoms with van der Waals surface area (Å²) >= 11 is 3.35. The van der Waals surface area contributed by atoms with E-state index in [0.717, 1.165) is 4.31 Å². The molecule has 3 aromatic rings. The molecule has 0 aliphatic heterocycles. The van der Waals surface area contributed by atoms with E-state index in [4.69, 9.17) is 9.47 Å². The Morgan fingerprint density at radius 2 is 1.76 bits per heavy atom. The fourth-order valence-corrected chi connectivity index (χ4v) is 4.84. The second-order valence-corrected chi connectivity index (χ2v) is 9.46. The Morgan fingerprint density at radius 1 is 1.03 bits per heavy atom. The van der Waals surface area contributed by atoms with E-state index in [1.54, 1.807) is 60.7 Å². The number of halogens is 1. The molecule has 8 nitrogen and oxygen atoms in total. The minimum absolute atomic E-state index is 0.0717. The SMILES string of the molecule is COc1cccc(/C=N/NC(=O)CN(c2cccc(Br)c2)S(=O)(=O)c2ccccc2)c1OC. The third-order valence-corrected chi connectivity index (χ3v) is 6.82. The number of amides is 1. The molecule has 0 aromatic heterocycles. The summed E-state index contributed by atoms with van der Waals surface area (Å²) in [7, 11) is -0.983. The molecule has 10 heteroatoms. The Bertz CT molecular complexity index is 1250. The quantitative estimate of drug-likeness (QED) is 0.334. The van der Waals surface area contributed by atoms with Crippen LogP contribution in [0.5, 0.6) is 11.5 Å². The second kappa shape index (κ2) is 11.0. The zero-order valence-corrected chi connectivity index (χ0v) is 20.3. The number of hydrogen-bond donors (Lipinski definition) is 1. The van der Waals surface area contributed by atoms with E-state index in [2.05, 4.69) is 26.5 Å². The van der Waals surface area contributed by atoms with Crippen LogP contribution in [0.15, 0.2) is 87.3 Å². The Kier molecular flexibility index (Phi) is 8.07. The van der Waals surface area contributed by atoms with Crippen molar-refractivity contribution in [1.82, 2.24) is 5.43 Å². The van der Waals surface area contributed by atoms with Crippen molar-refractivity contribution in [3.05, 3.63) is 82.8 Å². The fraction of sp³-hybridized carbons (Fsp3) is 0.130. The molecule has 0 fully saturated rings. The smallest absolute Gasteiger partial charge is 0.264 e. The fourth-order valence-electron chi connectivity index (χ4n) is 3.02. The summed E-state index contributed by atoms with van der Waals surface area (Å²) in [6.45, 7) is -0.472. The van der Waals surface area contributed by atoms with E-state index in [9.17, 15) is 13.2 Å². The number of benzene rings is 3. The number of anilines is 1. The van der Waals surface area contributed by atoms with Crippen molar-refractivity contribution >= 4 is 43.8 Å². The van der Waals surface area contributed by atoms with Crippen molar-refractivity contribution in [1.29, 1.82) is 0 Å². The van der Waals surface area contributed by atoms with Crippen LogP contribution in [0.4, 0.5) is 5.69 Å². The molecular weight excluding hydrogens is 510 g/mol. The van der Waals surface area contributed by atoms with Gasteiger partial charge in [-0.15, -0.1) is 0 Å². The van der Waals surface area contributed by atoms with Crippen molar-refractivity contribution in [2.45, 2.75) is 4.90 Å². The lowest BCUT2D eigenvalue weighted by atomic mass is 10.2. The first-order chi connectivity index (χ1) is 15.9. The van der Waals surface area contributed by atoms with Crippen LogP contribution in [0.2, 0.25) is 0 Å². The number of nitrogens with one attached hydrogen (secondary N) is 1. The van der Waals surface area contributed by atoms with Gasteiger partial charge < -0.3 is 9.47 Å². The normalized spacial score (nSPS) is 11.2. The summed E-state index contributed by atoms with van der Waals surface area (Å²) in [6.07, 6.45) is 1.40. The van der Waals surface area contributed by atoms with Gasteiger partial charge >= 0.3 is 0 Å². The van der Waals surface area contributed by atoms with E-state index in [0.29, 0.717) is 27.2 Å². The number of carbonyl (C=O) groups excluding carboxylic acids is 1. The number of hydrogen-bond acceptors (Lipinski definition) is 6. The van der Waals surface area contributed by atoms with Crippen LogP contribution in [0, 0.1) is 0 Å². The Morgan fingerprint density at radius 3 is 2.42 bits per heavy atom. The third kappa shape index (κ3) is 5.91. The number of rotatable bonds is 9. The van der Waals surface area contributed by atoms with Crippen molar-refractivity contribution in [2.24, 2.45) is 5.10 Å². The molecule has 3 aromatic carbocycles. The van der Waals surface area contributed by atoms with Gasteiger partial charge in [0.15, 0.2) is 11.5 Å². The maximum absolute atomic E-state index is 13.3. The van der Waals surface area contributed by atoms with Gasteiger partial charge in [-0.3, -0.25) is 9.10 Å². The van der Waals surface area contributed by atoms with Crippen LogP contribution in [-0.2, 0) is 14.8 Å². The van der Waals surface area contributed by atoms with E-state index in [-0.39, 0.29) is 4.90 Å². The summed E-state index contributed by atoms with van der Waals surface area (Å²) in [4.78, 5) is 12.7. The highest BCUT2D eigenvalue weighted by atomic mass is 79.9. The molecule has 0 saturated carbocycles. The minimum atomic E-state index is -4.00.